The maximum absolute atomic E-state index is 15.3. The molecule has 3 heterocycles. The summed E-state index contributed by atoms with van der Waals surface area (Å²) in [5, 5.41) is 0.106. The van der Waals surface area contributed by atoms with E-state index >= 15 is 4.39 Å². The van der Waals surface area contributed by atoms with Crippen LogP contribution < -0.4 is 9.64 Å². The number of halogens is 3. The normalized spacial score (nSPS) is 14.8. The van der Waals surface area contributed by atoms with Crippen molar-refractivity contribution < 1.29 is 13.5 Å². The lowest BCUT2D eigenvalue weighted by molar-refractivity contribution is 0.413. The van der Waals surface area contributed by atoms with Gasteiger partial charge in [-0.15, -0.1) is 0 Å². The van der Waals surface area contributed by atoms with Crippen LogP contribution in [0.5, 0.6) is 5.75 Å². The highest BCUT2D eigenvalue weighted by molar-refractivity contribution is 6.33. The maximum atomic E-state index is 15.3. The van der Waals surface area contributed by atoms with Crippen LogP contribution >= 0.6 is 11.6 Å². The van der Waals surface area contributed by atoms with Crippen molar-refractivity contribution in [3.63, 3.8) is 0 Å². The lowest BCUT2D eigenvalue weighted by Crippen LogP contribution is -2.30. The Kier molecular flexibility index (Phi) is 4.44. The van der Waals surface area contributed by atoms with Crippen LogP contribution in [0.3, 0.4) is 0 Å². The number of hydrogen-bond donors (Lipinski definition) is 0. The molecule has 0 bridgehead atoms. The van der Waals surface area contributed by atoms with Gasteiger partial charge in [0.1, 0.15) is 17.4 Å². The molecule has 3 aromatic rings. The zero-order chi connectivity index (χ0) is 18.3. The molecule has 0 saturated carbocycles. The number of imidazole rings is 1. The summed E-state index contributed by atoms with van der Waals surface area (Å²) in [4.78, 5) is 6.40. The van der Waals surface area contributed by atoms with Crippen molar-refractivity contribution in [2.24, 2.45) is 0 Å². The molecule has 0 spiro atoms. The molecular formula is C19H18ClF2N3O. The molecule has 0 aliphatic carbocycles. The summed E-state index contributed by atoms with van der Waals surface area (Å²) in [6.45, 7) is 1.80. The first-order chi connectivity index (χ1) is 12.6. The van der Waals surface area contributed by atoms with Crippen LogP contribution in [0.4, 0.5) is 14.6 Å². The Labute approximate surface area is 155 Å². The van der Waals surface area contributed by atoms with Crippen molar-refractivity contribution in [3.8, 4) is 16.9 Å². The Morgan fingerprint density at radius 3 is 2.62 bits per heavy atom. The molecule has 1 aliphatic rings. The van der Waals surface area contributed by atoms with E-state index < -0.39 is 11.6 Å². The molecule has 1 saturated heterocycles. The highest BCUT2D eigenvalue weighted by atomic mass is 35.5. The lowest BCUT2D eigenvalue weighted by atomic mass is 10.0. The van der Waals surface area contributed by atoms with Gasteiger partial charge in [0, 0.05) is 24.8 Å². The molecule has 136 valence electrons. The molecule has 1 aromatic carbocycles. The second-order valence-corrected chi connectivity index (χ2v) is 6.75. The number of pyridine rings is 1. The average molecular weight is 378 g/mol. The number of ether oxygens (including phenoxy) is 1. The van der Waals surface area contributed by atoms with Gasteiger partial charge in [0.05, 0.1) is 23.9 Å². The third-order valence-corrected chi connectivity index (χ3v) is 5.09. The van der Waals surface area contributed by atoms with E-state index in [2.05, 4.69) is 9.88 Å². The number of anilines is 1. The van der Waals surface area contributed by atoms with Crippen molar-refractivity contribution in [1.82, 2.24) is 9.38 Å². The van der Waals surface area contributed by atoms with Crippen LogP contribution in [-0.2, 0) is 0 Å². The third-order valence-electron chi connectivity index (χ3n) is 4.80. The highest BCUT2D eigenvalue weighted by Crippen LogP contribution is 2.40. The summed E-state index contributed by atoms with van der Waals surface area (Å²) in [7, 11) is 1.41. The zero-order valence-electron chi connectivity index (χ0n) is 14.3. The Balaban J connectivity index is 1.91. The predicted octanol–water partition coefficient (Wildman–Crippen LogP) is 4.93. The Hall–Kier alpha value is -2.34. The summed E-state index contributed by atoms with van der Waals surface area (Å²) >= 11 is 6.38. The van der Waals surface area contributed by atoms with Crippen LogP contribution in [0.2, 0.25) is 5.02 Å². The molecule has 26 heavy (non-hydrogen) atoms. The number of rotatable bonds is 3. The first-order valence-electron chi connectivity index (χ1n) is 8.54. The van der Waals surface area contributed by atoms with E-state index in [1.165, 1.54) is 25.7 Å². The minimum atomic E-state index is -0.663. The topological polar surface area (TPSA) is 29.8 Å². The van der Waals surface area contributed by atoms with Crippen LogP contribution in [0.1, 0.15) is 19.3 Å². The second-order valence-electron chi connectivity index (χ2n) is 6.34. The average Bonchev–Trinajstić information content (AvgIpc) is 3.07. The predicted molar refractivity (Wildman–Crippen MR) is 98.2 cm³/mol. The molecule has 0 radical (unpaired) electrons. The zero-order valence-corrected chi connectivity index (χ0v) is 15.1. The van der Waals surface area contributed by atoms with Gasteiger partial charge in [-0.2, -0.15) is 0 Å². The largest absolute Gasteiger partial charge is 0.496 e. The van der Waals surface area contributed by atoms with Crippen molar-refractivity contribution in [3.05, 3.63) is 47.2 Å². The summed E-state index contributed by atoms with van der Waals surface area (Å²) in [6, 6.07) is 4.33. The molecule has 7 heteroatoms. The van der Waals surface area contributed by atoms with E-state index in [1.807, 2.05) is 0 Å². The first kappa shape index (κ1) is 17.1. The van der Waals surface area contributed by atoms with Crippen molar-refractivity contribution in [2.45, 2.75) is 19.3 Å². The van der Waals surface area contributed by atoms with Crippen molar-refractivity contribution >= 4 is 23.1 Å². The minimum absolute atomic E-state index is 0.00234. The van der Waals surface area contributed by atoms with Gasteiger partial charge < -0.3 is 9.64 Å². The van der Waals surface area contributed by atoms with Gasteiger partial charge in [0.25, 0.3) is 0 Å². The fraction of sp³-hybridized carbons (Fsp3) is 0.316. The SMILES string of the molecule is COc1cccc(F)c1-c1c(Cl)cn2c(N3CCCCC3)cnc2c1F. The van der Waals surface area contributed by atoms with Gasteiger partial charge in [-0.05, 0) is 31.4 Å². The molecule has 0 amide bonds. The Morgan fingerprint density at radius 2 is 1.88 bits per heavy atom. The first-order valence-corrected chi connectivity index (χ1v) is 8.92. The molecule has 0 unspecified atom stereocenters. The van der Waals surface area contributed by atoms with Crippen LogP contribution in [0.15, 0.2) is 30.6 Å². The summed E-state index contributed by atoms with van der Waals surface area (Å²) in [6.07, 6.45) is 6.61. The third kappa shape index (κ3) is 2.69. The van der Waals surface area contributed by atoms with E-state index in [1.54, 1.807) is 22.9 Å². The molecule has 4 nitrogen and oxygen atoms in total. The lowest BCUT2D eigenvalue weighted by Gasteiger charge is -2.28. The van der Waals surface area contributed by atoms with Gasteiger partial charge in [-0.1, -0.05) is 17.7 Å². The van der Waals surface area contributed by atoms with E-state index in [-0.39, 0.29) is 27.5 Å². The number of hydrogen-bond acceptors (Lipinski definition) is 3. The highest BCUT2D eigenvalue weighted by Gasteiger charge is 2.24. The molecule has 0 N–H and O–H groups in total. The number of fused-ring (bicyclic) bond motifs is 1. The number of methoxy groups -OCH3 is 1. The molecule has 1 fully saturated rings. The maximum Gasteiger partial charge on any atom is 0.175 e. The van der Waals surface area contributed by atoms with Gasteiger partial charge in [0.2, 0.25) is 0 Å². The number of piperidine rings is 1. The number of benzene rings is 1. The molecular weight excluding hydrogens is 360 g/mol. The summed E-state index contributed by atoms with van der Waals surface area (Å²) < 4.78 is 36.6. The quantitative estimate of drug-likeness (QED) is 0.648. The Bertz CT molecular complexity index is 967. The molecule has 0 atom stereocenters. The van der Waals surface area contributed by atoms with Gasteiger partial charge in [-0.3, -0.25) is 4.40 Å². The number of aromatic nitrogens is 2. The summed E-state index contributed by atoms with van der Waals surface area (Å²) in [5.41, 5.74) is 0.0858. The fourth-order valence-electron chi connectivity index (χ4n) is 3.54. The molecule has 2 aromatic heterocycles. The van der Waals surface area contributed by atoms with Gasteiger partial charge >= 0.3 is 0 Å². The van der Waals surface area contributed by atoms with Crippen LogP contribution in [0, 0.1) is 11.6 Å². The van der Waals surface area contributed by atoms with E-state index in [0.717, 1.165) is 31.7 Å². The van der Waals surface area contributed by atoms with E-state index in [0.29, 0.717) is 0 Å². The second kappa shape index (κ2) is 6.76. The fourth-order valence-corrected chi connectivity index (χ4v) is 3.81. The van der Waals surface area contributed by atoms with Crippen molar-refractivity contribution in [1.29, 1.82) is 0 Å². The Morgan fingerprint density at radius 1 is 1.12 bits per heavy atom. The molecule has 1 aliphatic heterocycles. The van der Waals surface area contributed by atoms with Gasteiger partial charge in [0.15, 0.2) is 11.5 Å². The van der Waals surface area contributed by atoms with E-state index in [4.69, 9.17) is 16.3 Å². The van der Waals surface area contributed by atoms with Gasteiger partial charge in [-0.25, -0.2) is 13.8 Å². The van der Waals surface area contributed by atoms with Crippen molar-refractivity contribution in [2.75, 3.05) is 25.1 Å². The van der Waals surface area contributed by atoms with E-state index in [9.17, 15) is 4.39 Å². The van der Waals surface area contributed by atoms with Crippen LogP contribution in [0.25, 0.3) is 16.8 Å². The smallest absolute Gasteiger partial charge is 0.175 e. The number of nitrogens with zero attached hydrogens (tertiary/aromatic N) is 3. The standard InChI is InChI=1S/C19H18ClF2N3O/c1-26-14-7-5-6-13(21)17(14)16-12(20)11-25-15(10-23-19(25)18(16)22)24-8-3-2-4-9-24/h5-7,10-11H,2-4,8-9H2,1H3. The monoisotopic (exact) mass is 377 g/mol. The molecule has 4 rings (SSSR count). The minimum Gasteiger partial charge on any atom is -0.496 e. The summed E-state index contributed by atoms with van der Waals surface area (Å²) in [5.74, 6) is -0.244. The van der Waals surface area contributed by atoms with Crippen LogP contribution in [-0.4, -0.2) is 29.6 Å².